The third kappa shape index (κ3) is 4.67. The SMILES string of the molecule is Cc1cc(C(F)F)nn1C(C)C(=O)NC(CO)C(O)c1ccc([N+](=O)[O-])cc1. The van der Waals surface area contributed by atoms with Crippen molar-refractivity contribution in [1.29, 1.82) is 0 Å². The molecule has 0 saturated carbocycles. The van der Waals surface area contributed by atoms with Crippen LogP contribution in [0.3, 0.4) is 0 Å². The molecule has 0 fully saturated rings. The molecule has 1 amide bonds. The van der Waals surface area contributed by atoms with Gasteiger partial charge in [0.2, 0.25) is 5.91 Å². The van der Waals surface area contributed by atoms with Crippen LogP contribution < -0.4 is 5.32 Å². The van der Waals surface area contributed by atoms with E-state index in [9.17, 15) is 33.9 Å². The topological polar surface area (TPSA) is 131 Å². The maximum absolute atomic E-state index is 12.8. The molecule has 9 nitrogen and oxygen atoms in total. The number of halogens is 2. The summed E-state index contributed by atoms with van der Waals surface area (Å²) in [6.45, 7) is 2.35. The number of amides is 1. The maximum atomic E-state index is 12.8. The first kappa shape index (κ1) is 21.4. The van der Waals surface area contributed by atoms with Crippen molar-refractivity contribution < 1.29 is 28.7 Å². The first-order valence-electron chi connectivity index (χ1n) is 8.33. The van der Waals surface area contributed by atoms with Gasteiger partial charge in [-0.1, -0.05) is 0 Å². The number of benzene rings is 1. The fraction of sp³-hybridized carbons (Fsp3) is 0.412. The number of aryl methyl sites for hydroxylation is 1. The van der Waals surface area contributed by atoms with E-state index in [2.05, 4.69) is 10.4 Å². The lowest BCUT2D eigenvalue weighted by Gasteiger charge is -2.24. The monoisotopic (exact) mass is 398 g/mol. The molecular weight excluding hydrogens is 378 g/mol. The number of aliphatic hydroxyl groups excluding tert-OH is 2. The summed E-state index contributed by atoms with van der Waals surface area (Å²) in [5.74, 6) is -0.646. The molecular formula is C17H20F2N4O5. The fourth-order valence-corrected chi connectivity index (χ4v) is 2.68. The summed E-state index contributed by atoms with van der Waals surface area (Å²) in [7, 11) is 0. The molecule has 11 heteroatoms. The molecule has 3 N–H and O–H groups in total. The molecule has 2 aromatic rings. The number of nitro benzene ring substituents is 1. The molecule has 1 aromatic carbocycles. The van der Waals surface area contributed by atoms with Crippen LogP contribution in [0.4, 0.5) is 14.5 Å². The Hall–Kier alpha value is -2.92. The zero-order chi connectivity index (χ0) is 21.0. The van der Waals surface area contributed by atoms with Crippen LogP contribution in [0.25, 0.3) is 0 Å². The zero-order valence-corrected chi connectivity index (χ0v) is 15.1. The number of aromatic nitrogens is 2. The van der Waals surface area contributed by atoms with Crippen LogP contribution in [0.15, 0.2) is 30.3 Å². The van der Waals surface area contributed by atoms with Crippen molar-refractivity contribution in [3.63, 3.8) is 0 Å². The summed E-state index contributed by atoms with van der Waals surface area (Å²) in [5, 5.41) is 36.7. The smallest absolute Gasteiger partial charge is 0.282 e. The minimum Gasteiger partial charge on any atom is -0.394 e. The minimum atomic E-state index is -2.77. The van der Waals surface area contributed by atoms with Crippen molar-refractivity contribution in [2.75, 3.05) is 6.61 Å². The molecule has 1 aromatic heterocycles. The van der Waals surface area contributed by atoms with Gasteiger partial charge in [-0.05, 0) is 37.6 Å². The van der Waals surface area contributed by atoms with Gasteiger partial charge >= 0.3 is 0 Å². The highest BCUT2D eigenvalue weighted by molar-refractivity contribution is 5.80. The third-order valence-corrected chi connectivity index (χ3v) is 4.26. The van der Waals surface area contributed by atoms with Gasteiger partial charge in [-0.15, -0.1) is 0 Å². The summed E-state index contributed by atoms with van der Waals surface area (Å²) in [4.78, 5) is 22.5. The number of carbonyl (C=O) groups excluding carboxylic acids is 1. The van der Waals surface area contributed by atoms with Crippen molar-refractivity contribution >= 4 is 11.6 Å². The number of non-ortho nitro benzene ring substituents is 1. The average Bonchev–Trinajstić information content (AvgIpc) is 3.06. The predicted molar refractivity (Wildman–Crippen MR) is 93.7 cm³/mol. The van der Waals surface area contributed by atoms with Crippen molar-refractivity contribution in [3.05, 3.63) is 57.4 Å². The Morgan fingerprint density at radius 3 is 2.43 bits per heavy atom. The Labute approximate surface area is 158 Å². The molecule has 0 saturated heterocycles. The van der Waals surface area contributed by atoms with Gasteiger partial charge in [0.25, 0.3) is 12.1 Å². The highest BCUT2D eigenvalue weighted by atomic mass is 19.3. The Morgan fingerprint density at radius 2 is 1.96 bits per heavy atom. The summed E-state index contributed by atoms with van der Waals surface area (Å²) >= 11 is 0. The van der Waals surface area contributed by atoms with Gasteiger partial charge in [-0.2, -0.15) is 5.10 Å². The maximum Gasteiger partial charge on any atom is 0.282 e. The summed E-state index contributed by atoms with van der Waals surface area (Å²) in [6, 6.07) is 4.10. The van der Waals surface area contributed by atoms with Crippen molar-refractivity contribution in [2.24, 2.45) is 0 Å². The predicted octanol–water partition coefficient (Wildman–Crippen LogP) is 1.81. The number of alkyl halides is 2. The normalized spacial score (nSPS) is 14.5. The van der Waals surface area contributed by atoms with E-state index in [0.717, 1.165) is 4.68 Å². The average molecular weight is 398 g/mol. The van der Waals surface area contributed by atoms with Gasteiger partial charge in [0, 0.05) is 17.8 Å². The van der Waals surface area contributed by atoms with E-state index < -0.39 is 47.7 Å². The molecule has 2 rings (SSSR count). The van der Waals surface area contributed by atoms with Crippen LogP contribution in [-0.2, 0) is 4.79 Å². The number of nitrogens with one attached hydrogen (secondary N) is 1. The number of aliphatic hydroxyl groups is 2. The van der Waals surface area contributed by atoms with Gasteiger partial charge in [-0.3, -0.25) is 19.6 Å². The van der Waals surface area contributed by atoms with Crippen molar-refractivity contribution in [1.82, 2.24) is 15.1 Å². The summed E-state index contributed by atoms with van der Waals surface area (Å²) in [6.07, 6.45) is -4.11. The molecule has 3 atom stereocenters. The van der Waals surface area contributed by atoms with Crippen LogP contribution in [0.5, 0.6) is 0 Å². The van der Waals surface area contributed by atoms with E-state index in [-0.39, 0.29) is 11.3 Å². The first-order valence-corrected chi connectivity index (χ1v) is 8.33. The van der Waals surface area contributed by atoms with E-state index in [4.69, 9.17) is 0 Å². The van der Waals surface area contributed by atoms with E-state index >= 15 is 0 Å². The molecule has 3 unspecified atom stereocenters. The number of hydrogen-bond donors (Lipinski definition) is 3. The highest BCUT2D eigenvalue weighted by Crippen LogP contribution is 2.22. The minimum absolute atomic E-state index is 0.168. The number of carbonyl (C=O) groups is 1. The van der Waals surface area contributed by atoms with E-state index in [1.165, 1.54) is 44.2 Å². The molecule has 152 valence electrons. The third-order valence-electron chi connectivity index (χ3n) is 4.26. The van der Waals surface area contributed by atoms with Crippen LogP contribution in [0, 0.1) is 17.0 Å². The Bertz CT molecular complexity index is 841. The van der Waals surface area contributed by atoms with Crippen LogP contribution in [0.2, 0.25) is 0 Å². The molecule has 0 bridgehead atoms. The standard InChI is InChI=1S/C17H20F2N4O5/c1-9-7-13(16(18)19)21-22(9)10(2)17(26)20-14(8-24)15(25)11-3-5-12(6-4-11)23(27)28/h3-7,10,14-16,24-25H,8H2,1-2H3,(H,20,26). The fourth-order valence-electron chi connectivity index (χ4n) is 2.68. The molecule has 28 heavy (non-hydrogen) atoms. The van der Waals surface area contributed by atoms with Crippen LogP contribution in [0.1, 0.15) is 42.4 Å². The molecule has 0 aliphatic heterocycles. The molecule has 0 aliphatic carbocycles. The number of hydrogen-bond acceptors (Lipinski definition) is 6. The quantitative estimate of drug-likeness (QED) is 0.459. The lowest BCUT2D eigenvalue weighted by molar-refractivity contribution is -0.384. The van der Waals surface area contributed by atoms with E-state index in [0.29, 0.717) is 5.69 Å². The van der Waals surface area contributed by atoms with E-state index in [1.807, 2.05) is 0 Å². The second-order valence-electron chi connectivity index (χ2n) is 6.22. The van der Waals surface area contributed by atoms with Gasteiger partial charge < -0.3 is 15.5 Å². The van der Waals surface area contributed by atoms with Gasteiger partial charge in [0.15, 0.2) is 0 Å². The summed E-state index contributed by atoms with van der Waals surface area (Å²) < 4.78 is 26.7. The Balaban J connectivity index is 2.12. The van der Waals surface area contributed by atoms with Crippen molar-refractivity contribution in [3.8, 4) is 0 Å². The van der Waals surface area contributed by atoms with Gasteiger partial charge in [0.05, 0.1) is 17.6 Å². The molecule has 1 heterocycles. The largest absolute Gasteiger partial charge is 0.394 e. The van der Waals surface area contributed by atoms with Crippen LogP contribution in [-0.4, -0.2) is 43.5 Å². The van der Waals surface area contributed by atoms with Crippen LogP contribution >= 0.6 is 0 Å². The lowest BCUT2D eigenvalue weighted by atomic mass is 10.0. The molecule has 0 radical (unpaired) electrons. The molecule has 0 spiro atoms. The number of nitrogens with zero attached hydrogens (tertiary/aromatic N) is 3. The second kappa shape index (κ2) is 8.85. The van der Waals surface area contributed by atoms with Gasteiger partial charge in [0.1, 0.15) is 17.8 Å². The summed E-state index contributed by atoms with van der Waals surface area (Å²) in [5.41, 5.74) is -0.0119. The van der Waals surface area contributed by atoms with Gasteiger partial charge in [-0.25, -0.2) is 8.78 Å². The van der Waals surface area contributed by atoms with E-state index in [1.54, 1.807) is 0 Å². The molecule has 0 aliphatic rings. The lowest BCUT2D eigenvalue weighted by Crippen LogP contribution is -2.44. The van der Waals surface area contributed by atoms with Crippen molar-refractivity contribution in [2.45, 2.75) is 38.5 Å². The Kier molecular flexibility index (Phi) is 6.75. The number of rotatable bonds is 8. The number of nitro groups is 1. The first-order chi connectivity index (χ1) is 13.1. The second-order valence-corrected chi connectivity index (χ2v) is 6.22. The zero-order valence-electron chi connectivity index (χ0n) is 15.1. The Morgan fingerprint density at radius 1 is 1.36 bits per heavy atom. The highest BCUT2D eigenvalue weighted by Gasteiger charge is 2.27.